The first-order chi connectivity index (χ1) is 7.51. The van der Waals surface area contributed by atoms with Gasteiger partial charge in [0.15, 0.2) is 0 Å². The van der Waals surface area contributed by atoms with Gasteiger partial charge in [0.2, 0.25) is 17.7 Å². The quantitative estimate of drug-likeness (QED) is 0.597. The number of carbonyl (C=O) groups is 3. The molecule has 2 unspecified atom stereocenters. The van der Waals surface area contributed by atoms with E-state index in [1.54, 1.807) is 14.0 Å². The Balaban J connectivity index is 2.86. The number of hydrogen-bond acceptors (Lipinski definition) is 4. The predicted molar refractivity (Wildman–Crippen MR) is 57.5 cm³/mol. The molecule has 0 aliphatic carbocycles. The molecular formula is C10H17N3O3. The van der Waals surface area contributed by atoms with E-state index < -0.39 is 23.9 Å². The minimum absolute atomic E-state index is 0.0465. The molecule has 90 valence electrons. The number of piperazine rings is 1. The minimum Gasteiger partial charge on any atom is -0.320 e. The Morgan fingerprint density at radius 2 is 2.25 bits per heavy atom. The summed E-state index contributed by atoms with van der Waals surface area (Å²) in [7, 11) is 1.66. The van der Waals surface area contributed by atoms with E-state index in [0.717, 1.165) is 0 Å². The van der Waals surface area contributed by atoms with Gasteiger partial charge >= 0.3 is 0 Å². The molecule has 16 heavy (non-hydrogen) atoms. The first-order valence-electron chi connectivity index (χ1n) is 5.32. The van der Waals surface area contributed by atoms with Crippen LogP contribution in [0, 0.1) is 0 Å². The Morgan fingerprint density at radius 3 is 2.75 bits per heavy atom. The van der Waals surface area contributed by atoms with Crippen molar-refractivity contribution in [1.82, 2.24) is 15.5 Å². The van der Waals surface area contributed by atoms with Gasteiger partial charge < -0.3 is 10.2 Å². The molecule has 1 rings (SSSR count). The second-order valence-corrected chi connectivity index (χ2v) is 3.81. The lowest BCUT2D eigenvalue weighted by molar-refractivity contribution is -0.151. The van der Waals surface area contributed by atoms with Gasteiger partial charge in [-0.3, -0.25) is 19.7 Å². The maximum Gasteiger partial charge on any atom is 0.249 e. The topological polar surface area (TPSA) is 78.5 Å². The molecule has 6 heteroatoms. The molecule has 0 spiro atoms. The van der Waals surface area contributed by atoms with Gasteiger partial charge in [-0.1, -0.05) is 6.92 Å². The third-order valence-corrected chi connectivity index (χ3v) is 2.73. The van der Waals surface area contributed by atoms with Gasteiger partial charge in [0, 0.05) is 0 Å². The normalized spacial score (nSPS) is 22.9. The number of hydrogen-bond donors (Lipinski definition) is 2. The summed E-state index contributed by atoms with van der Waals surface area (Å²) in [5.41, 5.74) is 0. The molecule has 1 aliphatic heterocycles. The lowest BCUT2D eigenvalue weighted by Gasteiger charge is -2.34. The summed E-state index contributed by atoms with van der Waals surface area (Å²) in [4.78, 5) is 36.0. The van der Waals surface area contributed by atoms with Gasteiger partial charge in [-0.15, -0.1) is 0 Å². The van der Waals surface area contributed by atoms with Crippen LogP contribution in [0.1, 0.15) is 20.3 Å². The molecule has 0 aromatic heterocycles. The Kier molecular flexibility index (Phi) is 4.00. The van der Waals surface area contributed by atoms with Crippen LogP contribution >= 0.6 is 0 Å². The molecule has 6 nitrogen and oxygen atoms in total. The average Bonchev–Trinajstić information content (AvgIpc) is 2.26. The zero-order valence-corrected chi connectivity index (χ0v) is 9.74. The number of nitrogens with zero attached hydrogens (tertiary/aromatic N) is 1. The van der Waals surface area contributed by atoms with E-state index in [1.165, 1.54) is 4.90 Å². The maximum absolute atomic E-state index is 11.9. The highest BCUT2D eigenvalue weighted by molar-refractivity contribution is 6.04. The van der Waals surface area contributed by atoms with Crippen LogP contribution in [0.2, 0.25) is 0 Å². The molecular weight excluding hydrogens is 210 g/mol. The summed E-state index contributed by atoms with van der Waals surface area (Å²) in [5.74, 6) is -1.04. The standard InChI is InChI=1S/C10H17N3O3/c1-4-7-9(15)12-8(14)5-13(7)10(16)6(2)11-3/h6-7,11H,4-5H2,1-3H3,(H,12,14,15). The Labute approximate surface area is 94.4 Å². The van der Waals surface area contributed by atoms with Gasteiger partial charge in [-0.25, -0.2) is 0 Å². The number of nitrogens with one attached hydrogen (secondary N) is 2. The van der Waals surface area contributed by atoms with Gasteiger partial charge in [0.1, 0.15) is 12.6 Å². The number of imide groups is 1. The van der Waals surface area contributed by atoms with Crippen molar-refractivity contribution in [3.8, 4) is 0 Å². The summed E-state index contributed by atoms with van der Waals surface area (Å²) in [6.45, 7) is 3.46. The van der Waals surface area contributed by atoms with Gasteiger partial charge in [0.25, 0.3) is 0 Å². The summed E-state index contributed by atoms with van der Waals surface area (Å²) < 4.78 is 0. The third kappa shape index (κ3) is 2.38. The van der Waals surface area contributed by atoms with Crippen molar-refractivity contribution in [3.05, 3.63) is 0 Å². The molecule has 1 heterocycles. The highest BCUT2D eigenvalue weighted by Crippen LogP contribution is 2.10. The van der Waals surface area contributed by atoms with Crippen molar-refractivity contribution in [2.45, 2.75) is 32.4 Å². The molecule has 2 atom stereocenters. The van der Waals surface area contributed by atoms with Crippen LogP contribution in [-0.4, -0.2) is 48.3 Å². The molecule has 2 N–H and O–H groups in total. The molecule has 0 aromatic carbocycles. The van der Waals surface area contributed by atoms with Crippen LogP contribution in [0.3, 0.4) is 0 Å². The van der Waals surface area contributed by atoms with E-state index in [4.69, 9.17) is 0 Å². The lowest BCUT2D eigenvalue weighted by Crippen LogP contribution is -2.62. The minimum atomic E-state index is -0.541. The summed E-state index contributed by atoms with van der Waals surface area (Å²) >= 11 is 0. The van der Waals surface area contributed by atoms with Crippen molar-refractivity contribution in [2.24, 2.45) is 0 Å². The predicted octanol–water partition coefficient (Wildman–Crippen LogP) is -1.14. The van der Waals surface area contributed by atoms with Crippen LogP contribution in [0.15, 0.2) is 0 Å². The van der Waals surface area contributed by atoms with Gasteiger partial charge in [-0.05, 0) is 20.4 Å². The molecule has 1 aliphatic rings. The first kappa shape index (κ1) is 12.6. The van der Waals surface area contributed by atoms with E-state index in [0.29, 0.717) is 6.42 Å². The number of carbonyl (C=O) groups excluding carboxylic acids is 3. The number of amides is 3. The van der Waals surface area contributed by atoms with E-state index >= 15 is 0 Å². The monoisotopic (exact) mass is 227 g/mol. The van der Waals surface area contributed by atoms with Gasteiger partial charge in [-0.2, -0.15) is 0 Å². The maximum atomic E-state index is 11.9. The molecule has 3 amide bonds. The number of rotatable bonds is 3. The summed E-state index contributed by atoms with van der Waals surface area (Å²) in [6, 6.07) is -0.936. The second-order valence-electron chi connectivity index (χ2n) is 3.81. The third-order valence-electron chi connectivity index (χ3n) is 2.73. The number of likely N-dealkylation sites (N-methyl/N-ethyl adjacent to an activating group) is 1. The van der Waals surface area contributed by atoms with Crippen molar-refractivity contribution < 1.29 is 14.4 Å². The Hall–Kier alpha value is -1.43. The molecule has 0 aromatic rings. The molecule has 0 radical (unpaired) electrons. The Morgan fingerprint density at radius 1 is 1.62 bits per heavy atom. The van der Waals surface area contributed by atoms with Crippen LogP contribution in [-0.2, 0) is 14.4 Å². The van der Waals surface area contributed by atoms with E-state index in [9.17, 15) is 14.4 Å². The van der Waals surface area contributed by atoms with Crippen LogP contribution in [0.25, 0.3) is 0 Å². The SMILES string of the molecule is CCC1C(=O)NC(=O)CN1C(=O)C(C)NC. The largest absolute Gasteiger partial charge is 0.320 e. The van der Waals surface area contributed by atoms with Crippen molar-refractivity contribution in [1.29, 1.82) is 0 Å². The smallest absolute Gasteiger partial charge is 0.249 e. The van der Waals surface area contributed by atoms with E-state index in [2.05, 4.69) is 10.6 Å². The highest BCUT2D eigenvalue weighted by atomic mass is 16.2. The van der Waals surface area contributed by atoms with E-state index in [-0.39, 0.29) is 12.5 Å². The highest BCUT2D eigenvalue weighted by Gasteiger charge is 2.36. The fraction of sp³-hybridized carbons (Fsp3) is 0.700. The zero-order valence-electron chi connectivity index (χ0n) is 9.74. The first-order valence-corrected chi connectivity index (χ1v) is 5.32. The Bertz CT molecular complexity index is 316. The fourth-order valence-corrected chi connectivity index (χ4v) is 1.68. The summed E-state index contributed by atoms with van der Waals surface area (Å²) in [5, 5.41) is 5.03. The molecule has 0 bridgehead atoms. The molecule has 1 fully saturated rings. The summed E-state index contributed by atoms with van der Waals surface area (Å²) in [6.07, 6.45) is 0.501. The van der Waals surface area contributed by atoms with Gasteiger partial charge in [0.05, 0.1) is 6.04 Å². The van der Waals surface area contributed by atoms with Crippen LogP contribution in [0.4, 0.5) is 0 Å². The van der Waals surface area contributed by atoms with Crippen molar-refractivity contribution in [2.75, 3.05) is 13.6 Å². The lowest BCUT2D eigenvalue weighted by atomic mass is 10.1. The van der Waals surface area contributed by atoms with Crippen LogP contribution in [0.5, 0.6) is 0 Å². The molecule has 0 saturated carbocycles. The fourth-order valence-electron chi connectivity index (χ4n) is 1.68. The van der Waals surface area contributed by atoms with E-state index in [1.807, 2.05) is 6.92 Å². The van der Waals surface area contributed by atoms with Crippen molar-refractivity contribution >= 4 is 17.7 Å². The second kappa shape index (κ2) is 5.07. The van der Waals surface area contributed by atoms with Crippen molar-refractivity contribution in [3.63, 3.8) is 0 Å². The van der Waals surface area contributed by atoms with Crippen LogP contribution < -0.4 is 10.6 Å². The zero-order chi connectivity index (χ0) is 12.3. The molecule has 1 saturated heterocycles. The average molecular weight is 227 g/mol.